The molecule has 1 aromatic heterocycles. The average molecular weight is 334 g/mol. The van der Waals surface area contributed by atoms with Crippen molar-refractivity contribution in [1.82, 2.24) is 9.78 Å². The number of aromatic nitrogens is 2. The van der Waals surface area contributed by atoms with Crippen LogP contribution in [0.15, 0.2) is 66.9 Å². The van der Waals surface area contributed by atoms with Gasteiger partial charge in [0, 0.05) is 23.9 Å². The molecule has 2 aromatic carbocycles. The number of rotatable bonds is 5. The van der Waals surface area contributed by atoms with E-state index < -0.39 is 12.1 Å². The molecule has 5 heteroatoms. The largest absolute Gasteiger partial charge is 0.445 e. The molecule has 0 radical (unpaired) electrons. The number of hydrogen-bond acceptors (Lipinski definition) is 4. The van der Waals surface area contributed by atoms with Crippen LogP contribution in [-0.4, -0.2) is 21.5 Å². The first-order valence-electron chi connectivity index (χ1n) is 7.91. The molecule has 25 heavy (non-hydrogen) atoms. The van der Waals surface area contributed by atoms with Gasteiger partial charge in [0.25, 0.3) is 0 Å². The first-order chi connectivity index (χ1) is 12.1. The lowest BCUT2D eigenvalue weighted by atomic mass is 10.00. The van der Waals surface area contributed by atoms with E-state index in [0.29, 0.717) is 22.4 Å². The summed E-state index contributed by atoms with van der Waals surface area (Å²) in [5, 5.41) is 4.05. The molecule has 1 heterocycles. The van der Waals surface area contributed by atoms with Gasteiger partial charge in [0.1, 0.15) is 5.56 Å². The first-order valence-corrected chi connectivity index (χ1v) is 7.91. The van der Waals surface area contributed by atoms with Crippen LogP contribution in [0.3, 0.4) is 0 Å². The van der Waals surface area contributed by atoms with E-state index in [9.17, 15) is 9.59 Å². The number of ether oxygens (including phenoxy) is 1. The maximum Gasteiger partial charge on any atom is 0.342 e. The summed E-state index contributed by atoms with van der Waals surface area (Å²) >= 11 is 0. The van der Waals surface area contributed by atoms with Crippen molar-refractivity contribution >= 4 is 11.8 Å². The standard InChI is InChI=1S/C20H18N2O3/c1-14-17(13-21-22(14)2)20(24)25-19(16-11-7-4-8-12-16)18(23)15-9-5-3-6-10-15/h3-13,19H,1-2H3/t19-/m0/s1. The Bertz CT molecular complexity index is 886. The predicted molar refractivity (Wildman–Crippen MR) is 93.3 cm³/mol. The molecule has 0 spiro atoms. The number of hydrogen-bond donors (Lipinski definition) is 0. The second-order valence-electron chi connectivity index (χ2n) is 5.69. The number of ketones is 1. The highest BCUT2D eigenvalue weighted by molar-refractivity contribution is 6.02. The molecule has 0 aliphatic rings. The fourth-order valence-corrected chi connectivity index (χ4v) is 2.52. The quantitative estimate of drug-likeness (QED) is 0.529. The molecule has 0 fully saturated rings. The lowest BCUT2D eigenvalue weighted by molar-refractivity contribution is 0.0279. The average Bonchev–Trinajstić information content (AvgIpc) is 2.99. The van der Waals surface area contributed by atoms with Crippen molar-refractivity contribution in [2.75, 3.05) is 0 Å². The van der Waals surface area contributed by atoms with Crippen LogP contribution < -0.4 is 0 Å². The molecular formula is C20H18N2O3. The van der Waals surface area contributed by atoms with E-state index in [4.69, 9.17) is 4.74 Å². The fraction of sp³-hybridized carbons (Fsp3) is 0.150. The molecule has 3 rings (SSSR count). The van der Waals surface area contributed by atoms with Gasteiger partial charge >= 0.3 is 5.97 Å². The Morgan fingerprint density at radius 1 is 1.00 bits per heavy atom. The fourth-order valence-electron chi connectivity index (χ4n) is 2.52. The summed E-state index contributed by atoms with van der Waals surface area (Å²) in [6.07, 6.45) is 0.447. The van der Waals surface area contributed by atoms with Gasteiger partial charge < -0.3 is 4.74 Å². The summed E-state index contributed by atoms with van der Waals surface area (Å²) in [4.78, 5) is 25.5. The lowest BCUT2D eigenvalue weighted by Crippen LogP contribution is -2.20. The highest BCUT2D eigenvalue weighted by Crippen LogP contribution is 2.24. The van der Waals surface area contributed by atoms with Crippen LogP contribution in [0, 0.1) is 6.92 Å². The third-order valence-electron chi connectivity index (χ3n) is 4.08. The molecule has 5 nitrogen and oxygen atoms in total. The first kappa shape index (κ1) is 16.6. The minimum atomic E-state index is -1.00. The second-order valence-corrected chi connectivity index (χ2v) is 5.69. The van der Waals surface area contributed by atoms with Gasteiger partial charge in [0.05, 0.1) is 6.20 Å². The molecule has 0 saturated carbocycles. The predicted octanol–water partition coefficient (Wildman–Crippen LogP) is 3.51. The van der Waals surface area contributed by atoms with E-state index in [2.05, 4.69) is 5.10 Å². The summed E-state index contributed by atoms with van der Waals surface area (Å²) in [6, 6.07) is 17.8. The molecule has 0 saturated heterocycles. The van der Waals surface area contributed by atoms with Gasteiger partial charge in [-0.25, -0.2) is 4.79 Å². The maximum absolute atomic E-state index is 12.9. The molecular weight excluding hydrogens is 316 g/mol. The highest BCUT2D eigenvalue weighted by atomic mass is 16.5. The molecule has 0 amide bonds. The lowest BCUT2D eigenvalue weighted by Gasteiger charge is -2.17. The molecule has 3 aromatic rings. The number of aryl methyl sites for hydroxylation is 1. The SMILES string of the molecule is Cc1c(C(=O)O[C@H](C(=O)c2ccccc2)c2ccccc2)cnn1C. The number of esters is 1. The van der Waals surface area contributed by atoms with Crippen LogP contribution >= 0.6 is 0 Å². The van der Waals surface area contributed by atoms with E-state index in [-0.39, 0.29) is 5.78 Å². The molecule has 0 N–H and O–H groups in total. The van der Waals surface area contributed by atoms with Gasteiger partial charge in [-0.05, 0) is 6.92 Å². The van der Waals surface area contributed by atoms with E-state index in [1.165, 1.54) is 6.20 Å². The second kappa shape index (κ2) is 7.13. The van der Waals surface area contributed by atoms with Crippen LogP contribution in [0.1, 0.15) is 38.1 Å². The van der Waals surface area contributed by atoms with E-state index >= 15 is 0 Å². The van der Waals surface area contributed by atoms with Gasteiger partial charge in [-0.1, -0.05) is 60.7 Å². The van der Waals surface area contributed by atoms with E-state index in [0.717, 1.165) is 0 Å². The summed E-state index contributed by atoms with van der Waals surface area (Å²) in [5.41, 5.74) is 2.16. The zero-order chi connectivity index (χ0) is 17.8. The Kier molecular flexibility index (Phi) is 4.75. The van der Waals surface area contributed by atoms with Gasteiger partial charge in [-0.15, -0.1) is 0 Å². The summed E-state index contributed by atoms with van der Waals surface area (Å²) in [6.45, 7) is 1.78. The maximum atomic E-state index is 12.9. The van der Waals surface area contributed by atoms with Crippen LogP contribution in [0.25, 0.3) is 0 Å². The number of benzene rings is 2. The van der Waals surface area contributed by atoms with Crippen LogP contribution in [0.5, 0.6) is 0 Å². The van der Waals surface area contributed by atoms with Crippen molar-refractivity contribution in [3.8, 4) is 0 Å². The Morgan fingerprint density at radius 2 is 1.60 bits per heavy atom. The summed E-state index contributed by atoms with van der Waals surface area (Å²) in [5.74, 6) is -0.828. The van der Waals surface area contributed by atoms with E-state index in [1.807, 2.05) is 24.3 Å². The van der Waals surface area contributed by atoms with Crippen molar-refractivity contribution < 1.29 is 14.3 Å². The number of nitrogens with zero attached hydrogens (tertiary/aromatic N) is 2. The normalized spacial score (nSPS) is 11.8. The third-order valence-corrected chi connectivity index (χ3v) is 4.08. The monoisotopic (exact) mass is 334 g/mol. The zero-order valence-corrected chi connectivity index (χ0v) is 14.0. The Hall–Kier alpha value is -3.21. The zero-order valence-electron chi connectivity index (χ0n) is 14.0. The molecule has 0 bridgehead atoms. The van der Waals surface area contributed by atoms with Crippen molar-refractivity contribution in [2.24, 2.45) is 7.05 Å². The molecule has 126 valence electrons. The van der Waals surface area contributed by atoms with Crippen molar-refractivity contribution in [1.29, 1.82) is 0 Å². The Morgan fingerprint density at radius 3 is 2.16 bits per heavy atom. The minimum absolute atomic E-state index is 0.262. The number of carbonyl (C=O) groups excluding carboxylic acids is 2. The summed E-state index contributed by atoms with van der Waals surface area (Å²) < 4.78 is 7.18. The summed E-state index contributed by atoms with van der Waals surface area (Å²) in [7, 11) is 1.75. The van der Waals surface area contributed by atoms with Gasteiger partial charge in [0.15, 0.2) is 6.10 Å². The molecule has 0 aliphatic carbocycles. The highest BCUT2D eigenvalue weighted by Gasteiger charge is 2.27. The topological polar surface area (TPSA) is 61.2 Å². The molecule has 1 atom stereocenters. The number of carbonyl (C=O) groups is 2. The van der Waals surface area contributed by atoms with Crippen molar-refractivity contribution in [3.63, 3.8) is 0 Å². The van der Waals surface area contributed by atoms with Gasteiger partial charge in [-0.3, -0.25) is 9.48 Å². The van der Waals surface area contributed by atoms with Gasteiger partial charge in [-0.2, -0.15) is 5.10 Å². The minimum Gasteiger partial charge on any atom is -0.445 e. The third kappa shape index (κ3) is 3.50. The van der Waals surface area contributed by atoms with Crippen molar-refractivity contribution in [3.05, 3.63) is 89.2 Å². The van der Waals surface area contributed by atoms with Crippen LogP contribution in [-0.2, 0) is 11.8 Å². The van der Waals surface area contributed by atoms with Crippen LogP contribution in [0.2, 0.25) is 0 Å². The molecule has 0 unspecified atom stereocenters. The number of Topliss-reactive ketones (excluding diaryl/α,β-unsaturated/α-hetero) is 1. The Balaban J connectivity index is 1.93. The van der Waals surface area contributed by atoms with E-state index in [1.54, 1.807) is 55.1 Å². The molecule has 0 aliphatic heterocycles. The smallest absolute Gasteiger partial charge is 0.342 e. The Labute approximate surface area is 145 Å². The van der Waals surface area contributed by atoms with Crippen LogP contribution in [0.4, 0.5) is 0 Å². The van der Waals surface area contributed by atoms with Crippen molar-refractivity contribution in [2.45, 2.75) is 13.0 Å². The van der Waals surface area contributed by atoms with Gasteiger partial charge in [0.2, 0.25) is 5.78 Å².